The number of rotatable bonds is 4. The fourth-order valence-corrected chi connectivity index (χ4v) is 2.69. The average Bonchev–Trinajstić information content (AvgIpc) is 3.10. The summed E-state index contributed by atoms with van der Waals surface area (Å²) in [7, 11) is 0. The van der Waals surface area contributed by atoms with Gasteiger partial charge in [-0.15, -0.1) is 0 Å². The van der Waals surface area contributed by atoms with Crippen molar-refractivity contribution >= 4 is 11.9 Å². The number of aromatic nitrogens is 1. The van der Waals surface area contributed by atoms with Gasteiger partial charge in [0.15, 0.2) is 0 Å². The molecule has 24 heavy (non-hydrogen) atoms. The van der Waals surface area contributed by atoms with Crippen LogP contribution in [-0.4, -0.2) is 64.6 Å². The highest BCUT2D eigenvalue weighted by atomic mass is 16.6. The fourth-order valence-electron chi connectivity index (χ4n) is 2.69. The summed E-state index contributed by atoms with van der Waals surface area (Å²) in [6.45, 7) is 1.75. The summed E-state index contributed by atoms with van der Waals surface area (Å²) >= 11 is 0. The van der Waals surface area contributed by atoms with Gasteiger partial charge < -0.3 is 25.0 Å². The number of fused-ring (bicyclic) bond motifs is 1. The van der Waals surface area contributed by atoms with E-state index in [0.717, 1.165) is 12.5 Å². The van der Waals surface area contributed by atoms with E-state index in [0.29, 0.717) is 19.4 Å². The second kappa shape index (κ2) is 8.72. The van der Waals surface area contributed by atoms with Crippen LogP contribution in [0.3, 0.4) is 0 Å². The molecule has 0 aromatic carbocycles. The van der Waals surface area contributed by atoms with E-state index >= 15 is 0 Å². The molecular formula is C16H22N2O6. The quantitative estimate of drug-likeness (QED) is 0.693. The molecule has 2 aliphatic heterocycles. The second-order valence-electron chi connectivity index (χ2n) is 5.72. The Bertz CT molecular complexity index is 549. The monoisotopic (exact) mass is 338 g/mol. The summed E-state index contributed by atoms with van der Waals surface area (Å²) in [5.74, 6) is -0.868. The Morgan fingerprint density at radius 1 is 1.33 bits per heavy atom. The zero-order valence-corrected chi connectivity index (χ0v) is 13.4. The number of aliphatic hydroxyl groups is 1. The fraction of sp³-hybridized carbons (Fsp3) is 0.562. The predicted molar refractivity (Wildman–Crippen MR) is 83.3 cm³/mol. The molecule has 2 aliphatic rings. The van der Waals surface area contributed by atoms with Crippen LogP contribution in [0.15, 0.2) is 24.5 Å². The number of amides is 1. The van der Waals surface area contributed by atoms with Gasteiger partial charge in [0, 0.05) is 25.7 Å². The predicted octanol–water partition coefficient (Wildman–Crippen LogP) is -0.252. The molecule has 1 amide bonds. The van der Waals surface area contributed by atoms with Gasteiger partial charge in [0.1, 0.15) is 18.3 Å². The minimum absolute atomic E-state index is 0.0342. The molecule has 3 N–H and O–H groups in total. The van der Waals surface area contributed by atoms with E-state index in [4.69, 9.17) is 19.4 Å². The van der Waals surface area contributed by atoms with Crippen LogP contribution in [0.25, 0.3) is 0 Å². The first-order valence-electron chi connectivity index (χ1n) is 7.76. The first-order chi connectivity index (χ1) is 11.5. The third-order valence-electron chi connectivity index (χ3n) is 3.74. The lowest BCUT2D eigenvalue weighted by molar-refractivity contribution is -0.134. The Balaban J connectivity index is 0.000000471. The third kappa shape index (κ3) is 5.26. The van der Waals surface area contributed by atoms with Gasteiger partial charge in [-0.1, -0.05) is 6.07 Å². The number of carboxylic acid groups (broad SMARTS) is 1. The van der Waals surface area contributed by atoms with Crippen LogP contribution in [0.5, 0.6) is 0 Å². The topological polar surface area (TPSA) is 118 Å². The standard InChI is InChI=1S/C14H18N2O4.C2H4O2/c17-11-8-20-13-10(7-19-14(11)13)16-12(18)4-3-9-2-1-5-15-6-9;1-2(3)4/h1-2,5-6,10-11,13-14,17H,3-4,7-8H2,(H,16,18);1H3,(H,3,4)/t10-,11-,13-,14-;/m1./s1. The molecule has 1 aromatic rings. The van der Waals surface area contributed by atoms with Gasteiger partial charge in [0.2, 0.25) is 5.91 Å². The van der Waals surface area contributed by atoms with Crippen molar-refractivity contribution in [2.75, 3.05) is 13.2 Å². The van der Waals surface area contributed by atoms with Crippen LogP contribution >= 0.6 is 0 Å². The number of aliphatic hydroxyl groups excluding tert-OH is 1. The van der Waals surface area contributed by atoms with Gasteiger partial charge in [-0.05, 0) is 18.1 Å². The first-order valence-corrected chi connectivity index (χ1v) is 7.76. The number of aryl methyl sites for hydroxylation is 1. The Hall–Kier alpha value is -2.03. The molecule has 2 fully saturated rings. The number of nitrogens with zero attached hydrogens (tertiary/aromatic N) is 1. The van der Waals surface area contributed by atoms with Crippen molar-refractivity contribution in [1.82, 2.24) is 10.3 Å². The second-order valence-corrected chi connectivity index (χ2v) is 5.72. The molecule has 0 unspecified atom stereocenters. The molecule has 8 heteroatoms. The van der Waals surface area contributed by atoms with E-state index in [1.54, 1.807) is 12.4 Å². The largest absolute Gasteiger partial charge is 0.481 e. The van der Waals surface area contributed by atoms with E-state index < -0.39 is 12.1 Å². The number of carbonyl (C=O) groups is 2. The average molecular weight is 338 g/mol. The van der Waals surface area contributed by atoms with E-state index in [-0.39, 0.29) is 30.8 Å². The highest BCUT2D eigenvalue weighted by Crippen LogP contribution is 2.26. The van der Waals surface area contributed by atoms with Gasteiger partial charge in [-0.3, -0.25) is 14.6 Å². The normalized spacial score (nSPS) is 27.8. The highest BCUT2D eigenvalue weighted by molar-refractivity contribution is 5.76. The number of aliphatic carboxylic acids is 1. The van der Waals surface area contributed by atoms with Crippen LogP contribution in [-0.2, 0) is 25.5 Å². The molecule has 0 saturated carbocycles. The maximum atomic E-state index is 11.9. The maximum Gasteiger partial charge on any atom is 0.300 e. The molecular weight excluding hydrogens is 316 g/mol. The van der Waals surface area contributed by atoms with Crippen molar-refractivity contribution in [2.45, 2.75) is 44.1 Å². The minimum atomic E-state index is -0.833. The number of ether oxygens (including phenoxy) is 2. The Morgan fingerprint density at radius 3 is 2.71 bits per heavy atom. The van der Waals surface area contributed by atoms with Crippen molar-refractivity contribution in [2.24, 2.45) is 0 Å². The smallest absolute Gasteiger partial charge is 0.300 e. The first kappa shape index (κ1) is 18.3. The summed E-state index contributed by atoms with van der Waals surface area (Å²) in [6, 6.07) is 3.64. The number of hydrogen-bond donors (Lipinski definition) is 3. The van der Waals surface area contributed by atoms with Crippen LogP contribution < -0.4 is 5.32 Å². The third-order valence-corrected chi connectivity index (χ3v) is 3.74. The molecule has 4 atom stereocenters. The van der Waals surface area contributed by atoms with Gasteiger partial charge in [0.05, 0.1) is 19.3 Å². The van der Waals surface area contributed by atoms with Crippen LogP contribution in [0.2, 0.25) is 0 Å². The van der Waals surface area contributed by atoms with Crippen LogP contribution in [0, 0.1) is 0 Å². The van der Waals surface area contributed by atoms with Gasteiger partial charge in [-0.2, -0.15) is 0 Å². The van der Waals surface area contributed by atoms with Crippen molar-refractivity contribution in [3.8, 4) is 0 Å². The Morgan fingerprint density at radius 2 is 2.04 bits per heavy atom. The summed E-state index contributed by atoms with van der Waals surface area (Å²) < 4.78 is 10.9. The van der Waals surface area contributed by atoms with Gasteiger partial charge in [-0.25, -0.2) is 0 Å². The van der Waals surface area contributed by atoms with E-state index in [2.05, 4.69) is 10.3 Å². The lowest BCUT2D eigenvalue weighted by atomic mass is 10.1. The molecule has 0 bridgehead atoms. The van der Waals surface area contributed by atoms with E-state index in [1.807, 2.05) is 12.1 Å². The Kier molecular flexibility index (Phi) is 6.65. The van der Waals surface area contributed by atoms with Crippen molar-refractivity contribution < 1.29 is 29.3 Å². The van der Waals surface area contributed by atoms with E-state index in [1.165, 1.54) is 0 Å². The molecule has 0 radical (unpaired) electrons. The van der Waals surface area contributed by atoms with Crippen LogP contribution in [0.1, 0.15) is 18.9 Å². The number of carbonyl (C=O) groups excluding carboxylic acids is 1. The summed E-state index contributed by atoms with van der Waals surface area (Å²) in [5.41, 5.74) is 1.04. The number of pyridine rings is 1. The molecule has 0 spiro atoms. The molecule has 132 valence electrons. The SMILES string of the molecule is CC(=O)O.O=C(CCc1cccnc1)N[C@@H]1CO[C@H]2[C@@H]1OC[C@H]2O. The summed E-state index contributed by atoms with van der Waals surface area (Å²) in [5, 5.41) is 20.0. The maximum absolute atomic E-state index is 11.9. The minimum Gasteiger partial charge on any atom is -0.481 e. The van der Waals surface area contributed by atoms with Crippen molar-refractivity contribution in [1.29, 1.82) is 0 Å². The molecule has 0 aliphatic carbocycles. The number of carboxylic acids is 1. The number of hydrogen-bond acceptors (Lipinski definition) is 6. The Labute approximate surface area is 139 Å². The van der Waals surface area contributed by atoms with Crippen molar-refractivity contribution in [3.05, 3.63) is 30.1 Å². The zero-order chi connectivity index (χ0) is 17.5. The zero-order valence-electron chi connectivity index (χ0n) is 13.4. The van der Waals surface area contributed by atoms with E-state index in [9.17, 15) is 9.90 Å². The highest BCUT2D eigenvalue weighted by Gasteiger charge is 2.47. The molecule has 8 nitrogen and oxygen atoms in total. The number of nitrogens with one attached hydrogen (secondary N) is 1. The molecule has 3 rings (SSSR count). The molecule has 1 aromatic heterocycles. The lowest BCUT2D eigenvalue weighted by Gasteiger charge is -2.17. The van der Waals surface area contributed by atoms with Gasteiger partial charge >= 0.3 is 0 Å². The lowest BCUT2D eigenvalue weighted by Crippen LogP contribution is -2.44. The molecule has 3 heterocycles. The van der Waals surface area contributed by atoms with Crippen LogP contribution in [0.4, 0.5) is 0 Å². The summed E-state index contributed by atoms with van der Waals surface area (Å²) in [4.78, 5) is 25.0. The van der Waals surface area contributed by atoms with Crippen molar-refractivity contribution in [3.63, 3.8) is 0 Å². The van der Waals surface area contributed by atoms with Gasteiger partial charge in [0.25, 0.3) is 5.97 Å². The summed E-state index contributed by atoms with van der Waals surface area (Å²) in [6.07, 6.45) is 3.41. The molecule has 2 saturated heterocycles.